The van der Waals surface area contributed by atoms with Gasteiger partial charge in [-0.05, 0) is 49.9 Å². The number of fused-ring (bicyclic) bond motifs is 3. The number of rotatable bonds is 10. The third-order valence-electron chi connectivity index (χ3n) is 8.62. The fourth-order valence-corrected chi connectivity index (χ4v) is 7.72. The second kappa shape index (κ2) is 12.5. The lowest BCUT2D eigenvalue weighted by molar-refractivity contribution is -0.140. The largest absolute Gasteiger partial charge is 0.469 e. The lowest BCUT2D eigenvalue weighted by atomic mass is 9.95. The second-order valence-electron chi connectivity index (χ2n) is 11.4. The standard InChI is InChI=1S/C31H30ClF3N6O3S/c1-43-22(42)5-2-3-9-38-29-18-11-20(32)24(17-6-7-21(34)27-23(17)19(13-36)28(37)45-27)25(35)26(18)39-30(40-29)44-15-31-8-4-10-41(31)14-16(33)12-31/h6-7,11,16H,2-5,8-10,12,14-15,37H2,1H3,(H,38,39,40)/t16-,31+/m1/s1. The van der Waals surface area contributed by atoms with Crippen LogP contribution in [0.4, 0.5) is 24.0 Å². The van der Waals surface area contributed by atoms with Crippen molar-refractivity contribution in [2.45, 2.75) is 50.2 Å². The molecule has 0 spiro atoms. The van der Waals surface area contributed by atoms with Crippen LogP contribution >= 0.6 is 22.9 Å². The summed E-state index contributed by atoms with van der Waals surface area (Å²) in [5.41, 5.74) is 5.58. The number of nitrogens with zero attached hydrogens (tertiary/aromatic N) is 4. The molecule has 0 radical (unpaired) electrons. The number of ether oxygens (including phenoxy) is 2. The third kappa shape index (κ3) is 5.71. The van der Waals surface area contributed by atoms with Crippen LogP contribution in [-0.2, 0) is 9.53 Å². The molecule has 14 heteroatoms. The monoisotopic (exact) mass is 658 g/mol. The number of methoxy groups -OCH3 is 1. The Kier molecular flexibility index (Phi) is 8.65. The van der Waals surface area contributed by atoms with Gasteiger partial charge in [-0.3, -0.25) is 9.69 Å². The number of esters is 1. The summed E-state index contributed by atoms with van der Waals surface area (Å²) < 4.78 is 56.7. The van der Waals surface area contributed by atoms with Gasteiger partial charge in [0, 0.05) is 42.3 Å². The highest BCUT2D eigenvalue weighted by Gasteiger charge is 2.49. The van der Waals surface area contributed by atoms with Crippen molar-refractivity contribution >= 4 is 60.7 Å². The lowest BCUT2D eigenvalue weighted by Crippen LogP contribution is -2.43. The van der Waals surface area contributed by atoms with E-state index in [1.165, 1.54) is 25.3 Å². The zero-order valence-electron chi connectivity index (χ0n) is 24.4. The van der Waals surface area contributed by atoms with Crippen LogP contribution in [0.15, 0.2) is 18.2 Å². The number of carbonyl (C=O) groups is 1. The number of nitrogens with two attached hydrogens (primary N) is 1. The van der Waals surface area contributed by atoms with E-state index >= 15 is 4.39 Å². The van der Waals surface area contributed by atoms with E-state index < -0.39 is 23.3 Å². The van der Waals surface area contributed by atoms with Crippen molar-refractivity contribution in [3.05, 3.63) is 40.4 Å². The quantitative estimate of drug-likeness (QED) is 0.143. The molecule has 0 aliphatic carbocycles. The summed E-state index contributed by atoms with van der Waals surface area (Å²) in [5, 5.41) is 13.5. The zero-order chi connectivity index (χ0) is 31.9. The molecule has 0 bridgehead atoms. The number of nitrogens with one attached hydrogen (secondary N) is 1. The van der Waals surface area contributed by atoms with Gasteiger partial charge in [0.15, 0.2) is 5.82 Å². The molecule has 9 nitrogen and oxygen atoms in total. The van der Waals surface area contributed by atoms with Crippen LogP contribution in [-0.4, -0.2) is 65.9 Å². The number of thiophene rings is 1. The number of halogens is 4. The van der Waals surface area contributed by atoms with E-state index in [2.05, 4.69) is 20.2 Å². The Morgan fingerprint density at radius 2 is 2.16 bits per heavy atom. The van der Waals surface area contributed by atoms with Gasteiger partial charge in [-0.2, -0.15) is 15.2 Å². The molecule has 2 saturated heterocycles. The molecule has 0 amide bonds. The highest BCUT2D eigenvalue weighted by Crippen LogP contribution is 2.46. The van der Waals surface area contributed by atoms with Crippen LogP contribution in [0.1, 0.15) is 44.1 Å². The van der Waals surface area contributed by atoms with Crippen LogP contribution in [0.25, 0.3) is 32.1 Å². The molecule has 3 N–H and O–H groups in total. The Bertz CT molecular complexity index is 1850. The van der Waals surface area contributed by atoms with Gasteiger partial charge in [-0.15, -0.1) is 11.3 Å². The summed E-state index contributed by atoms with van der Waals surface area (Å²) >= 11 is 7.60. The highest BCUT2D eigenvalue weighted by molar-refractivity contribution is 7.23. The van der Waals surface area contributed by atoms with E-state index in [1.54, 1.807) is 0 Å². The summed E-state index contributed by atoms with van der Waals surface area (Å²) in [6, 6.07) is 5.94. The van der Waals surface area contributed by atoms with Crippen LogP contribution in [0.3, 0.4) is 0 Å². The van der Waals surface area contributed by atoms with Crippen molar-refractivity contribution in [1.82, 2.24) is 14.9 Å². The van der Waals surface area contributed by atoms with Crippen molar-refractivity contribution in [1.29, 1.82) is 5.26 Å². The Morgan fingerprint density at radius 1 is 1.33 bits per heavy atom. The van der Waals surface area contributed by atoms with Crippen LogP contribution in [0.5, 0.6) is 6.01 Å². The maximum atomic E-state index is 16.7. The molecule has 6 rings (SSSR count). The molecule has 2 fully saturated rings. The molecular weight excluding hydrogens is 629 g/mol. The molecule has 2 aromatic carbocycles. The molecule has 2 aromatic heterocycles. The number of hydrogen-bond acceptors (Lipinski definition) is 10. The van der Waals surface area contributed by atoms with Crippen LogP contribution < -0.4 is 15.8 Å². The minimum Gasteiger partial charge on any atom is -0.469 e. The molecule has 2 aliphatic rings. The maximum absolute atomic E-state index is 16.7. The fraction of sp³-hybridized carbons (Fsp3) is 0.419. The second-order valence-corrected chi connectivity index (χ2v) is 12.8. The van der Waals surface area contributed by atoms with Crippen molar-refractivity contribution < 1.29 is 27.4 Å². The van der Waals surface area contributed by atoms with Gasteiger partial charge in [0.05, 0.1) is 27.9 Å². The Balaban J connectivity index is 1.42. The van der Waals surface area contributed by atoms with Gasteiger partial charge < -0.3 is 20.5 Å². The maximum Gasteiger partial charge on any atom is 0.319 e. The summed E-state index contributed by atoms with van der Waals surface area (Å²) in [6.45, 7) is 1.66. The van der Waals surface area contributed by atoms with E-state index in [4.69, 9.17) is 26.8 Å². The number of aromatic nitrogens is 2. The lowest BCUT2D eigenvalue weighted by Gasteiger charge is -2.30. The number of alkyl halides is 1. The summed E-state index contributed by atoms with van der Waals surface area (Å²) in [7, 11) is 1.33. The first-order valence-corrected chi connectivity index (χ1v) is 15.8. The number of hydrogen-bond donors (Lipinski definition) is 2. The number of nitriles is 1. The molecule has 2 aliphatic heterocycles. The number of unbranched alkanes of at least 4 members (excludes halogenated alkanes) is 1. The number of anilines is 2. The van der Waals surface area contributed by atoms with Gasteiger partial charge in [0.1, 0.15) is 41.0 Å². The van der Waals surface area contributed by atoms with Crippen molar-refractivity contribution in [2.24, 2.45) is 0 Å². The smallest absolute Gasteiger partial charge is 0.319 e. The van der Waals surface area contributed by atoms with Crippen molar-refractivity contribution in [3.63, 3.8) is 0 Å². The summed E-state index contributed by atoms with van der Waals surface area (Å²) in [6.07, 6.45) is 2.47. The first-order chi connectivity index (χ1) is 21.7. The molecule has 4 heterocycles. The van der Waals surface area contributed by atoms with E-state index in [0.29, 0.717) is 32.4 Å². The molecular formula is C31H30ClF3N6O3S. The Morgan fingerprint density at radius 3 is 2.93 bits per heavy atom. The van der Waals surface area contributed by atoms with E-state index in [-0.39, 0.29) is 78.5 Å². The first kappa shape index (κ1) is 31.1. The molecule has 0 saturated carbocycles. The summed E-state index contributed by atoms with van der Waals surface area (Å²) in [4.78, 5) is 22.6. The molecule has 4 aromatic rings. The topological polar surface area (TPSA) is 126 Å². The first-order valence-electron chi connectivity index (χ1n) is 14.6. The molecule has 0 unspecified atom stereocenters. The van der Waals surface area contributed by atoms with E-state index in [9.17, 15) is 18.8 Å². The SMILES string of the molecule is COC(=O)CCCCNc1nc(OC[C@@]23CCCN2C[C@H](F)C3)nc2c(F)c(-c3ccc(F)c4sc(N)c(C#N)c34)c(Cl)cc12. The average Bonchev–Trinajstić information content (AvgIpc) is 3.66. The highest BCUT2D eigenvalue weighted by atomic mass is 35.5. The van der Waals surface area contributed by atoms with Gasteiger partial charge in [-0.25, -0.2) is 13.2 Å². The minimum atomic E-state index is -0.951. The number of benzene rings is 2. The van der Waals surface area contributed by atoms with Gasteiger partial charge >= 0.3 is 12.0 Å². The third-order valence-corrected chi connectivity index (χ3v) is 9.95. The summed E-state index contributed by atoms with van der Waals surface area (Å²) in [5.74, 6) is -1.46. The molecule has 2 atom stereocenters. The minimum absolute atomic E-state index is 0.00647. The fourth-order valence-electron chi connectivity index (χ4n) is 6.48. The molecule has 45 heavy (non-hydrogen) atoms. The number of nitrogen functional groups attached to an aromatic ring is 1. The van der Waals surface area contributed by atoms with Crippen LogP contribution in [0.2, 0.25) is 5.02 Å². The zero-order valence-corrected chi connectivity index (χ0v) is 26.0. The predicted octanol–water partition coefficient (Wildman–Crippen LogP) is 6.61. The van der Waals surface area contributed by atoms with Gasteiger partial charge in [0.2, 0.25) is 0 Å². The Labute approximate surface area is 266 Å². The van der Waals surface area contributed by atoms with E-state index in [1.807, 2.05) is 6.07 Å². The average molecular weight is 659 g/mol. The van der Waals surface area contributed by atoms with Gasteiger partial charge in [0.25, 0.3) is 0 Å². The molecule has 236 valence electrons. The van der Waals surface area contributed by atoms with Gasteiger partial charge in [-0.1, -0.05) is 17.7 Å². The number of carbonyl (C=O) groups excluding carboxylic acids is 1. The Hall–Kier alpha value is -3.86. The van der Waals surface area contributed by atoms with Crippen molar-refractivity contribution in [2.75, 3.05) is 44.4 Å². The predicted molar refractivity (Wildman–Crippen MR) is 167 cm³/mol. The van der Waals surface area contributed by atoms with Crippen molar-refractivity contribution in [3.8, 4) is 23.2 Å². The van der Waals surface area contributed by atoms with Crippen LogP contribution in [0, 0.1) is 23.0 Å². The van der Waals surface area contributed by atoms with E-state index in [0.717, 1.165) is 30.7 Å². The normalized spacial score (nSPS) is 19.6.